The molecule has 13 heavy (non-hydrogen) atoms. The molecule has 1 aromatic rings. The maximum atomic E-state index is 13.5. The van der Waals surface area contributed by atoms with Gasteiger partial charge in [0.25, 0.3) is 0 Å². The summed E-state index contributed by atoms with van der Waals surface area (Å²) in [5.41, 5.74) is -0.565. The molecule has 3 heteroatoms. The maximum absolute atomic E-state index is 13.5. The van der Waals surface area contributed by atoms with Gasteiger partial charge in [0.15, 0.2) is 11.5 Å². The van der Waals surface area contributed by atoms with E-state index in [0.717, 1.165) is 5.56 Å². The monoisotopic (exact) mass is 198 g/mol. The first-order chi connectivity index (χ1) is 6.00. The summed E-state index contributed by atoms with van der Waals surface area (Å²) in [6, 6.07) is 4.92. The highest BCUT2D eigenvalue weighted by Gasteiger charge is 2.41. The van der Waals surface area contributed by atoms with E-state index >= 15 is 0 Å². The van der Waals surface area contributed by atoms with E-state index in [1.165, 1.54) is 13.0 Å². The minimum absolute atomic E-state index is 0.165. The molecule has 0 saturated heterocycles. The lowest BCUT2D eigenvalue weighted by Gasteiger charge is -2.07. The molecular formula is C10H8ClFO. The SMILES string of the molecule is CC1(F)Cc2ccc(Cl)cc2C1=O. The Labute approximate surface area is 80.5 Å². The van der Waals surface area contributed by atoms with Crippen LogP contribution < -0.4 is 0 Å². The number of benzene rings is 1. The number of hydrogen-bond acceptors (Lipinski definition) is 1. The molecule has 1 aromatic carbocycles. The maximum Gasteiger partial charge on any atom is 0.200 e. The lowest BCUT2D eigenvalue weighted by atomic mass is 10.1. The third kappa shape index (κ3) is 1.25. The average molecular weight is 199 g/mol. The highest BCUT2D eigenvalue weighted by Crippen LogP contribution is 2.33. The van der Waals surface area contributed by atoms with E-state index in [0.29, 0.717) is 10.6 Å². The molecule has 1 aliphatic rings. The quantitative estimate of drug-likeness (QED) is 0.627. The van der Waals surface area contributed by atoms with Gasteiger partial charge in [0.1, 0.15) is 0 Å². The zero-order valence-electron chi connectivity index (χ0n) is 7.10. The molecule has 1 nitrogen and oxygen atoms in total. The first-order valence-electron chi connectivity index (χ1n) is 4.03. The summed E-state index contributed by atoms with van der Waals surface area (Å²) in [7, 11) is 0. The second-order valence-corrected chi connectivity index (χ2v) is 3.94. The van der Waals surface area contributed by atoms with Crippen LogP contribution in [0.3, 0.4) is 0 Å². The molecule has 0 aliphatic heterocycles. The Morgan fingerprint density at radius 3 is 2.92 bits per heavy atom. The summed E-state index contributed by atoms with van der Waals surface area (Å²) < 4.78 is 13.5. The second kappa shape index (κ2) is 2.55. The van der Waals surface area contributed by atoms with Gasteiger partial charge in [0.2, 0.25) is 0 Å². The molecule has 0 fully saturated rings. The van der Waals surface area contributed by atoms with Crippen molar-refractivity contribution in [3.05, 3.63) is 34.3 Å². The molecule has 1 atom stereocenters. The van der Waals surface area contributed by atoms with Gasteiger partial charge in [-0.2, -0.15) is 0 Å². The molecule has 68 valence electrons. The second-order valence-electron chi connectivity index (χ2n) is 3.50. The van der Waals surface area contributed by atoms with Crippen LogP contribution in [0.1, 0.15) is 22.8 Å². The van der Waals surface area contributed by atoms with Crippen LogP contribution in [0.5, 0.6) is 0 Å². The normalized spacial score (nSPS) is 26.2. The Kier molecular flexibility index (Phi) is 1.70. The molecule has 0 radical (unpaired) electrons. The first kappa shape index (κ1) is 8.70. The van der Waals surface area contributed by atoms with E-state index < -0.39 is 11.5 Å². The van der Waals surface area contributed by atoms with Crippen LogP contribution in [0.25, 0.3) is 0 Å². The fourth-order valence-corrected chi connectivity index (χ4v) is 1.81. The van der Waals surface area contributed by atoms with Gasteiger partial charge in [0, 0.05) is 17.0 Å². The number of Topliss-reactive ketones (excluding diaryl/α,β-unsaturated/α-hetero) is 1. The van der Waals surface area contributed by atoms with Crippen molar-refractivity contribution in [1.29, 1.82) is 0 Å². The van der Waals surface area contributed by atoms with Crippen LogP contribution in [-0.2, 0) is 6.42 Å². The lowest BCUT2D eigenvalue weighted by molar-refractivity contribution is 0.0759. The summed E-state index contributed by atoms with van der Waals surface area (Å²) >= 11 is 5.71. The smallest absolute Gasteiger partial charge is 0.200 e. The van der Waals surface area contributed by atoms with Crippen LogP contribution in [0, 0.1) is 0 Å². The third-order valence-electron chi connectivity index (χ3n) is 2.31. The largest absolute Gasteiger partial charge is 0.291 e. The van der Waals surface area contributed by atoms with Crippen LogP contribution in [0.15, 0.2) is 18.2 Å². The zero-order valence-corrected chi connectivity index (χ0v) is 7.86. The molecule has 0 bridgehead atoms. The molecule has 0 saturated carbocycles. The van der Waals surface area contributed by atoms with E-state index in [9.17, 15) is 9.18 Å². The number of halogens is 2. The van der Waals surface area contributed by atoms with E-state index in [1.54, 1.807) is 12.1 Å². The van der Waals surface area contributed by atoms with Crippen molar-refractivity contribution >= 4 is 17.4 Å². The molecule has 1 unspecified atom stereocenters. The summed E-state index contributed by atoms with van der Waals surface area (Å²) in [5, 5.41) is 0.477. The number of rotatable bonds is 0. The Bertz CT molecular complexity index is 385. The van der Waals surface area contributed by atoms with Crippen LogP contribution in [-0.4, -0.2) is 11.5 Å². The molecule has 2 rings (SSSR count). The lowest BCUT2D eigenvalue weighted by Crippen LogP contribution is -2.25. The summed E-state index contributed by atoms with van der Waals surface area (Å²) in [5.74, 6) is -0.454. The van der Waals surface area contributed by atoms with Crippen molar-refractivity contribution < 1.29 is 9.18 Å². The average Bonchev–Trinajstić information content (AvgIpc) is 2.26. The highest BCUT2D eigenvalue weighted by molar-refractivity contribution is 6.31. The van der Waals surface area contributed by atoms with Crippen molar-refractivity contribution in [2.24, 2.45) is 0 Å². The van der Waals surface area contributed by atoms with E-state index in [-0.39, 0.29) is 6.42 Å². The number of carbonyl (C=O) groups excluding carboxylic acids is 1. The number of ketones is 1. The van der Waals surface area contributed by atoms with Crippen molar-refractivity contribution in [1.82, 2.24) is 0 Å². The van der Waals surface area contributed by atoms with Crippen molar-refractivity contribution in [2.45, 2.75) is 19.0 Å². The van der Waals surface area contributed by atoms with E-state index in [1.807, 2.05) is 0 Å². The standard InChI is InChI=1S/C10H8ClFO/c1-10(12)5-6-2-3-7(11)4-8(6)9(10)13/h2-4H,5H2,1H3. The molecular weight excluding hydrogens is 191 g/mol. The predicted octanol–water partition coefficient (Wildman–Crippen LogP) is 2.81. The fraction of sp³-hybridized carbons (Fsp3) is 0.300. The number of fused-ring (bicyclic) bond motifs is 1. The summed E-state index contributed by atoms with van der Waals surface area (Å²) in [6.45, 7) is 1.31. The summed E-state index contributed by atoms with van der Waals surface area (Å²) in [6.07, 6.45) is 0.165. The molecule has 1 aliphatic carbocycles. The van der Waals surface area contributed by atoms with Gasteiger partial charge in [-0.3, -0.25) is 4.79 Å². The minimum Gasteiger partial charge on any atom is -0.291 e. The Balaban J connectivity index is 2.57. The van der Waals surface area contributed by atoms with Gasteiger partial charge in [-0.05, 0) is 24.6 Å². The van der Waals surface area contributed by atoms with E-state index in [2.05, 4.69) is 0 Å². The third-order valence-corrected chi connectivity index (χ3v) is 2.55. The van der Waals surface area contributed by atoms with Gasteiger partial charge in [-0.1, -0.05) is 17.7 Å². The number of alkyl halides is 1. The predicted molar refractivity (Wildman–Crippen MR) is 49.0 cm³/mol. The van der Waals surface area contributed by atoms with Crippen molar-refractivity contribution in [3.63, 3.8) is 0 Å². The molecule has 0 N–H and O–H groups in total. The topological polar surface area (TPSA) is 17.1 Å². The van der Waals surface area contributed by atoms with Gasteiger partial charge < -0.3 is 0 Å². The van der Waals surface area contributed by atoms with Gasteiger partial charge in [-0.15, -0.1) is 0 Å². The minimum atomic E-state index is -1.74. The van der Waals surface area contributed by atoms with Gasteiger partial charge >= 0.3 is 0 Å². The van der Waals surface area contributed by atoms with Gasteiger partial charge in [0.05, 0.1) is 0 Å². The van der Waals surface area contributed by atoms with Gasteiger partial charge in [-0.25, -0.2) is 4.39 Å². The van der Waals surface area contributed by atoms with Crippen LogP contribution >= 0.6 is 11.6 Å². The molecule has 0 amide bonds. The fourth-order valence-electron chi connectivity index (χ4n) is 1.63. The van der Waals surface area contributed by atoms with Crippen LogP contribution in [0.2, 0.25) is 5.02 Å². The molecule has 0 aromatic heterocycles. The Morgan fingerprint density at radius 2 is 2.23 bits per heavy atom. The number of hydrogen-bond donors (Lipinski definition) is 0. The zero-order chi connectivity index (χ0) is 9.64. The van der Waals surface area contributed by atoms with E-state index in [4.69, 9.17) is 11.6 Å². The van der Waals surface area contributed by atoms with Crippen LogP contribution in [0.4, 0.5) is 4.39 Å². The van der Waals surface area contributed by atoms with Crippen molar-refractivity contribution in [3.8, 4) is 0 Å². The Morgan fingerprint density at radius 1 is 1.54 bits per heavy atom. The first-order valence-corrected chi connectivity index (χ1v) is 4.41. The molecule has 0 spiro atoms. The Hall–Kier alpha value is -0.890. The summed E-state index contributed by atoms with van der Waals surface area (Å²) in [4.78, 5) is 11.4. The number of carbonyl (C=O) groups is 1. The molecule has 0 heterocycles. The highest BCUT2D eigenvalue weighted by atomic mass is 35.5. The van der Waals surface area contributed by atoms with Crippen molar-refractivity contribution in [2.75, 3.05) is 0 Å².